The van der Waals surface area contributed by atoms with E-state index < -0.39 is 24.1 Å². The first-order chi connectivity index (χ1) is 13.5. The van der Waals surface area contributed by atoms with Crippen molar-refractivity contribution < 1.29 is 33.7 Å². The quantitative estimate of drug-likeness (QED) is 0.439. The van der Waals surface area contributed by atoms with Crippen LogP contribution in [0.25, 0.3) is 0 Å². The molecule has 1 N–H and O–H groups in total. The zero-order valence-corrected chi connectivity index (χ0v) is 15.5. The molecule has 1 amide bonds. The number of hydrogen-bond acceptors (Lipinski definition) is 8. The molecule has 0 spiro atoms. The van der Waals surface area contributed by atoms with Gasteiger partial charge < -0.3 is 19.3 Å². The largest absolute Gasteiger partial charge is 0.515 e. The molecule has 0 aromatic heterocycles. The van der Waals surface area contributed by atoms with Crippen molar-refractivity contribution in [1.29, 1.82) is 0 Å². The predicted octanol–water partition coefficient (Wildman–Crippen LogP) is 2.32. The first-order valence-corrected chi connectivity index (χ1v) is 9.52. The number of thioether (sulfide) groups is 1. The van der Waals surface area contributed by atoms with Gasteiger partial charge in [-0.2, -0.15) is 0 Å². The van der Waals surface area contributed by atoms with Gasteiger partial charge in [0.25, 0.3) is 0 Å². The first kappa shape index (κ1) is 18.6. The minimum absolute atomic E-state index is 0.0289. The van der Waals surface area contributed by atoms with Crippen molar-refractivity contribution in [1.82, 2.24) is 4.90 Å². The van der Waals surface area contributed by atoms with Crippen LogP contribution in [0, 0.1) is 5.92 Å². The third-order valence-corrected chi connectivity index (χ3v) is 6.12. The van der Waals surface area contributed by atoms with Crippen LogP contribution in [0.2, 0.25) is 0 Å². The van der Waals surface area contributed by atoms with Gasteiger partial charge in [0.15, 0.2) is 0 Å². The molecule has 4 rings (SSSR count). The maximum Gasteiger partial charge on any atom is 0.515 e. The van der Waals surface area contributed by atoms with Crippen molar-refractivity contribution in [2.24, 2.45) is 5.92 Å². The number of fused-ring (bicyclic) bond motifs is 2. The van der Waals surface area contributed by atoms with Gasteiger partial charge in [-0.1, -0.05) is 42.6 Å². The third kappa shape index (κ3) is 2.96. The minimum Gasteiger partial charge on any atom is -0.453 e. The molecule has 1 saturated heterocycles. The molecule has 9 heteroatoms. The van der Waals surface area contributed by atoms with E-state index >= 15 is 0 Å². The van der Waals surface area contributed by atoms with E-state index in [0.717, 1.165) is 5.56 Å². The van der Waals surface area contributed by atoms with Crippen LogP contribution in [0.1, 0.15) is 28.4 Å². The molecule has 0 aliphatic carbocycles. The molecule has 0 unspecified atom stereocenters. The number of nitrogens with zero attached hydrogens (tertiary/aromatic N) is 1. The molecule has 28 heavy (non-hydrogen) atoms. The van der Waals surface area contributed by atoms with E-state index in [4.69, 9.17) is 14.2 Å². The Balaban J connectivity index is 1.59. The van der Waals surface area contributed by atoms with Crippen LogP contribution < -0.4 is 0 Å². The Morgan fingerprint density at radius 2 is 2.14 bits per heavy atom. The highest BCUT2D eigenvalue weighted by Gasteiger charge is 2.56. The molecule has 0 bridgehead atoms. The van der Waals surface area contributed by atoms with Crippen molar-refractivity contribution in [2.75, 3.05) is 13.2 Å². The number of cyclic esters (lactones) is 1. The molecule has 146 valence electrons. The van der Waals surface area contributed by atoms with E-state index in [0.29, 0.717) is 10.5 Å². The normalized spacial score (nSPS) is 25.0. The summed E-state index contributed by atoms with van der Waals surface area (Å²) < 4.78 is 15.6. The van der Waals surface area contributed by atoms with E-state index in [1.807, 2.05) is 6.07 Å². The van der Waals surface area contributed by atoms with Crippen molar-refractivity contribution in [3.05, 3.63) is 58.8 Å². The van der Waals surface area contributed by atoms with Gasteiger partial charge in [0, 0.05) is 12.0 Å². The van der Waals surface area contributed by atoms with Crippen LogP contribution in [-0.2, 0) is 19.0 Å². The van der Waals surface area contributed by atoms with Gasteiger partial charge in [-0.15, -0.1) is 0 Å². The monoisotopic (exact) mass is 403 g/mol. The fraction of sp³-hybridized carbons (Fsp3) is 0.316. The number of rotatable bonds is 6. The number of amides is 1. The predicted molar refractivity (Wildman–Crippen MR) is 97.7 cm³/mol. The van der Waals surface area contributed by atoms with Gasteiger partial charge in [-0.25, -0.2) is 9.59 Å². The van der Waals surface area contributed by atoms with E-state index in [2.05, 4.69) is 6.58 Å². The maximum absolute atomic E-state index is 12.3. The molecular weight excluding hydrogens is 386 g/mol. The average molecular weight is 403 g/mol. The second kappa shape index (κ2) is 7.33. The lowest BCUT2D eigenvalue weighted by Crippen LogP contribution is -2.58. The second-order valence-corrected chi connectivity index (χ2v) is 7.58. The van der Waals surface area contributed by atoms with Crippen LogP contribution in [0.3, 0.4) is 0 Å². The second-order valence-electron chi connectivity index (χ2n) is 6.37. The topological polar surface area (TPSA) is 102 Å². The molecule has 1 fully saturated rings. The molecule has 3 aliphatic rings. The average Bonchev–Trinajstić information content (AvgIpc) is 3.16. The Morgan fingerprint density at radius 3 is 2.89 bits per heavy atom. The van der Waals surface area contributed by atoms with E-state index in [1.165, 1.54) is 22.7 Å². The molecule has 3 aliphatic heterocycles. The van der Waals surface area contributed by atoms with Gasteiger partial charge >= 0.3 is 12.1 Å². The number of carbonyl (C=O) groups excluding carboxylic acids is 3. The Labute approximate surface area is 164 Å². The van der Waals surface area contributed by atoms with Gasteiger partial charge in [0.1, 0.15) is 18.1 Å². The molecule has 0 radical (unpaired) electrons. The number of carbonyl (C=O) groups is 3. The minimum atomic E-state index is -0.960. The fourth-order valence-corrected chi connectivity index (χ4v) is 4.84. The standard InChI is InChI=1S/C19H17NO7S/c1-2-7-25-19(24)27-16-14(28-17-12(9-21)15(22)20(16)17)8-13-10-5-3-4-6-11(10)18(23)26-13/h2-6,12-13,17,21H,1,7-9H2/t12-,13+,17+/m0/s1. The Bertz CT molecular complexity index is 896. The zero-order valence-electron chi connectivity index (χ0n) is 14.7. The Morgan fingerprint density at radius 1 is 1.36 bits per heavy atom. The molecule has 3 heterocycles. The maximum atomic E-state index is 12.3. The van der Waals surface area contributed by atoms with Crippen LogP contribution in [0.4, 0.5) is 4.79 Å². The Kier molecular flexibility index (Phi) is 4.86. The summed E-state index contributed by atoms with van der Waals surface area (Å²) in [7, 11) is 0. The van der Waals surface area contributed by atoms with Gasteiger partial charge in [0.05, 0.1) is 23.0 Å². The highest BCUT2D eigenvalue weighted by molar-refractivity contribution is 8.04. The van der Waals surface area contributed by atoms with Crippen molar-refractivity contribution in [3.8, 4) is 0 Å². The summed E-state index contributed by atoms with van der Waals surface area (Å²) in [6.45, 7) is 3.13. The van der Waals surface area contributed by atoms with E-state index in [1.54, 1.807) is 18.2 Å². The molecule has 1 aromatic rings. The van der Waals surface area contributed by atoms with Crippen molar-refractivity contribution in [3.63, 3.8) is 0 Å². The summed E-state index contributed by atoms with van der Waals surface area (Å²) in [6, 6.07) is 7.07. The van der Waals surface area contributed by atoms with Crippen molar-refractivity contribution >= 4 is 29.8 Å². The summed E-state index contributed by atoms with van der Waals surface area (Å²) in [6.07, 6.45) is 0.137. The highest BCUT2D eigenvalue weighted by atomic mass is 32.2. The number of esters is 1. The van der Waals surface area contributed by atoms with Gasteiger partial charge in [-0.05, 0) is 6.07 Å². The lowest BCUT2D eigenvalue weighted by atomic mass is 9.99. The highest BCUT2D eigenvalue weighted by Crippen LogP contribution is 2.52. The van der Waals surface area contributed by atoms with Gasteiger partial charge in [-0.3, -0.25) is 9.69 Å². The smallest absolute Gasteiger partial charge is 0.453 e. The van der Waals surface area contributed by atoms with Crippen LogP contribution in [-0.4, -0.2) is 46.6 Å². The molecule has 8 nitrogen and oxygen atoms in total. The van der Waals surface area contributed by atoms with E-state index in [9.17, 15) is 19.5 Å². The van der Waals surface area contributed by atoms with E-state index in [-0.39, 0.29) is 36.8 Å². The molecular formula is C19H17NO7S. The number of aliphatic hydroxyl groups is 1. The third-order valence-electron chi connectivity index (χ3n) is 4.72. The summed E-state index contributed by atoms with van der Waals surface area (Å²) in [5.41, 5.74) is 1.24. The number of ether oxygens (including phenoxy) is 3. The van der Waals surface area contributed by atoms with Crippen molar-refractivity contribution in [2.45, 2.75) is 17.9 Å². The molecule has 0 saturated carbocycles. The van der Waals surface area contributed by atoms with Crippen LogP contribution in [0.15, 0.2) is 47.7 Å². The molecule has 3 atom stereocenters. The van der Waals surface area contributed by atoms with Gasteiger partial charge in [0.2, 0.25) is 11.8 Å². The molecule has 1 aromatic carbocycles. The SMILES string of the molecule is C=CCOC(=O)OC1=C(C[C@H]2OC(=O)c3ccccc32)S[C@@H]2[C@@H](CO)C(=O)N12. The fourth-order valence-electron chi connectivity index (χ4n) is 3.39. The summed E-state index contributed by atoms with van der Waals surface area (Å²) in [5.74, 6) is -1.24. The number of aliphatic hydroxyl groups excluding tert-OH is 1. The summed E-state index contributed by atoms with van der Waals surface area (Å²) >= 11 is 1.31. The summed E-state index contributed by atoms with van der Waals surface area (Å²) in [5, 5.41) is 9.07. The number of β-lactam (4-membered cyclic amide) rings is 1. The van der Waals surface area contributed by atoms with Crippen LogP contribution in [0.5, 0.6) is 0 Å². The summed E-state index contributed by atoms with van der Waals surface area (Å²) in [4.78, 5) is 38.2. The lowest BCUT2D eigenvalue weighted by Gasteiger charge is -2.40. The first-order valence-electron chi connectivity index (χ1n) is 8.64. The Hall–Kier alpha value is -2.78. The lowest BCUT2D eigenvalue weighted by molar-refractivity contribution is -0.152. The number of benzene rings is 1. The van der Waals surface area contributed by atoms with Crippen LogP contribution >= 0.6 is 11.8 Å². The zero-order chi connectivity index (χ0) is 19.8. The number of hydrogen-bond donors (Lipinski definition) is 1.